The number of aliphatic hydroxyl groups excluding tert-OH is 3. The highest BCUT2D eigenvalue weighted by atomic mass is 16.7. The van der Waals surface area contributed by atoms with E-state index in [0.29, 0.717) is 42.7 Å². The molecule has 0 bridgehead atoms. The predicted octanol–water partition coefficient (Wildman–Crippen LogP) is 3.16. The lowest BCUT2D eigenvalue weighted by molar-refractivity contribution is -0.242. The molecule has 0 unspecified atom stereocenters. The van der Waals surface area contributed by atoms with E-state index in [-0.39, 0.29) is 12.6 Å². The average Bonchev–Trinajstić information content (AvgIpc) is 3.50. The van der Waals surface area contributed by atoms with Crippen LogP contribution in [0, 0.1) is 5.92 Å². The maximum absolute atomic E-state index is 13.3. The highest BCUT2D eigenvalue weighted by Gasteiger charge is 2.40. The van der Waals surface area contributed by atoms with Crippen molar-refractivity contribution in [2.45, 2.75) is 90.4 Å². The van der Waals surface area contributed by atoms with Crippen molar-refractivity contribution >= 4 is 5.97 Å². The van der Waals surface area contributed by atoms with Crippen molar-refractivity contribution in [3.05, 3.63) is 52.1 Å². The molecule has 8 nitrogen and oxygen atoms in total. The number of esters is 1. The Morgan fingerprint density at radius 3 is 2.29 bits per heavy atom. The van der Waals surface area contributed by atoms with Gasteiger partial charge < -0.3 is 29.5 Å². The Hall–Kier alpha value is -2.23. The fourth-order valence-electron chi connectivity index (χ4n) is 5.60. The Kier molecular flexibility index (Phi) is 9.65. The number of benzene rings is 1. The molecule has 3 aliphatic heterocycles. The maximum atomic E-state index is 13.3. The third-order valence-electron chi connectivity index (χ3n) is 7.80. The van der Waals surface area contributed by atoms with Gasteiger partial charge in [-0.2, -0.15) is 0 Å². The molecule has 0 aliphatic carbocycles. The Morgan fingerprint density at radius 1 is 1.00 bits per heavy atom. The first-order valence-corrected chi connectivity index (χ1v) is 13.8. The SMILES string of the molecule is CC(C)=CCc1cc(C(=O)OC[C@H]2CCN3CCC[C@@H]23)cc(CC=C(C)C)c1O[C@@H]1OC[C@H](O)[C@H](O)[C@H]1O. The highest BCUT2D eigenvalue weighted by molar-refractivity contribution is 5.90. The summed E-state index contributed by atoms with van der Waals surface area (Å²) < 4.78 is 17.6. The Morgan fingerprint density at radius 2 is 1.66 bits per heavy atom. The molecule has 8 heteroatoms. The summed E-state index contributed by atoms with van der Waals surface area (Å²) in [6, 6.07) is 4.11. The summed E-state index contributed by atoms with van der Waals surface area (Å²) in [5, 5.41) is 30.5. The zero-order valence-electron chi connectivity index (χ0n) is 23.1. The summed E-state index contributed by atoms with van der Waals surface area (Å²) in [5.74, 6) is 0.532. The first-order chi connectivity index (χ1) is 18.1. The summed E-state index contributed by atoms with van der Waals surface area (Å²) in [5.41, 5.74) is 4.22. The number of fused-ring (bicyclic) bond motifs is 1. The van der Waals surface area contributed by atoms with Crippen LogP contribution >= 0.6 is 0 Å². The minimum absolute atomic E-state index is 0.153. The number of carbonyl (C=O) groups excluding carboxylic acids is 1. The van der Waals surface area contributed by atoms with Gasteiger partial charge in [-0.25, -0.2) is 4.79 Å². The van der Waals surface area contributed by atoms with Crippen LogP contribution in [0.25, 0.3) is 0 Å². The van der Waals surface area contributed by atoms with Gasteiger partial charge in [0.05, 0.1) is 18.8 Å². The first-order valence-electron chi connectivity index (χ1n) is 13.8. The van der Waals surface area contributed by atoms with Gasteiger partial charge in [0, 0.05) is 12.0 Å². The molecule has 0 saturated carbocycles. The van der Waals surface area contributed by atoms with E-state index in [2.05, 4.69) is 4.90 Å². The molecule has 0 spiro atoms. The molecule has 0 radical (unpaired) electrons. The largest absolute Gasteiger partial charge is 0.462 e. The smallest absolute Gasteiger partial charge is 0.338 e. The monoisotopic (exact) mass is 529 g/mol. The van der Waals surface area contributed by atoms with Gasteiger partial charge in [-0.1, -0.05) is 23.3 Å². The van der Waals surface area contributed by atoms with E-state index in [9.17, 15) is 20.1 Å². The van der Waals surface area contributed by atoms with E-state index in [1.165, 1.54) is 12.8 Å². The summed E-state index contributed by atoms with van der Waals surface area (Å²) in [6.45, 7) is 10.5. The molecule has 1 aromatic rings. The zero-order chi connectivity index (χ0) is 27.4. The second kappa shape index (κ2) is 12.7. The normalized spacial score (nSPS) is 29.0. The van der Waals surface area contributed by atoms with Crippen LogP contribution < -0.4 is 4.74 Å². The molecule has 6 atom stereocenters. The van der Waals surface area contributed by atoms with Gasteiger partial charge in [-0.15, -0.1) is 0 Å². The first kappa shape index (κ1) is 28.8. The van der Waals surface area contributed by atoms with E-state index < -0.39 is 24.6 Å². The van der Waals surface area contributed by atoms with Gasteiger partial charge in [-0.3, -0.25) is 4.90 Å². The molecule has 0 amide bonds. The molecule has 3 N–H and O–H groups in total. The highest BCUT2D eigenvalue weighted by Crippen LogP contribution is 2.34. The van der Waals surface area contributed by atoms with Gasteiger partial charge in [0.15, 0.2) is 0 Å². The standard InChI is InChI=1S/C30H43NO7/c1-18(2)7-9-20-14-23(29(35)36-16-22-11-13-31-12-5-6-24(22)31)15-21(10-8-19(3)4)28(20)38-30-27(34)26(33)25(32)17-37-30/h7-8,14-15,22,24-27,30,32-34H,5-6,9-13,16-17H2,1-4H3/t22-,24+,25+,26+,27-,30+/m1/s1. The fourth-order valence-corrected chi connectivity index (χ4v) is 5.60. The van der Waals surface area contributed by atoms with Crippen LogP contribution in [0.2, 0.25) is 0 Å². The number of hydrogen-bond acceptors (Lipinski definition) is 8. The van der Waals surface area contributed by atoms with Crippen molar-refractivity contribution in [3.8, 4) is 5.75 Å². The van der Waals surface area contributed by atoms with Crippen LogP contribution in [0.15, 0.2) is 35.4 Å². The van der Waals surface area contributed by atoms with E-state index in [1.54, 1.807) is 12.1 Å². The molecular weight excluding hydrogens is 486 g/mol. The molecule has 1 aromatic carbocycles. The second-order valence-electron chi connectivity index (χ2n) is 11.4. The van der Waals surface area contributed by atoms with E-state index in [1.807, 2.05) is 39.8 Å². The lowest BCUT2D eigenvalue weighted by Crippen LogP contribution is -2.54. The van der Waals surface area contributed by atoms with E-state index in [0.717, 1.165) is 41.8 Å². The number of nitrogens with zero attached hydrogens (tertiary/aromatic N) is 1. The number of aliphatic hydroxyl groups is 3. The fraction of sp³-hybridized carbons (Fsp3) is 0.633. The lowest BCUT2D eigenvalue weighted by Gasteiger charge is -2.35. The number of ether oxygens (including phenoxy) is 3. The minimum Gasteiger partial charge on any atom is -0.462 e. The summed E-state index contributed by atoms with van der Waals surface area (Å²) in [6.07, 6.45) is 3.43. The van der Waals surface area contributed by atoms with Crippen LogP contribution in [0.4, 0.5) is 0 Å². The number of rotatable bonds is 9. The van der Waals surface area contributed by atoms with Gasteiger partial charge in [0.2, 0.25) is 6.29 Å². The number of hydrogen-bond donors (Lipinski definition) is 3. The van der Waals surface area contributed by atoms with E-state index >= 15 is 0 Å². The average molecular weight is 530 g/mol. The molecular formula is C30H43NO7. The number of allylic oxidation sites excluding steroid dienone is 4. The van der Waals surface area contributed by atoms with Crippen LogP contribution in [0.1, 0.15) is 68.4 Å². The van der Waals surface area contributed by atoms with Crippen LogP contribution in [0.3, 0.4) is 0 Å². The summed E-state index contributed by atoms with van der Waals surface area (Å²) >= 11 is 0. The van der Waals surface area contributed by atoms with Gasteiger partial charge >= 0.3 is 5.97 Å². The molecule has 3 heterocycles. The second-order valence-corrected chi connectivity index (χ2v) is 11.4. The van der Waals surface area contributed by atoms with E-state index in [4.69, 9.17) is 14.2 Å². The molecule has 3 fully saturated rings. The lowest BCUT2D eigenvalue weighted by atomic mass is 9.97. The number of carbonyl (C=O) groups is 1. The van der Waals surface area contributed by atoms with Crippen LogP contribution in [-0.2, 0) is 22.3 Å². The Balaban J connectivity index is 1.61. The Labute approximate surface area is 225 Å². The zero-order valence-corrected chi connectivity index (χ0v) is 23.1. The van der Waals surface area contributed by atoms with Gasteiger partial charge in [0.25, 0.3) is 0 Å². The molecule has 4 rings (SSSR count). The van der Waals surface area contributed by atoms with Gasteiger partial charge in [-0.05, 0) is 96.1 Å². The van der Waals surface area contributed by atoms with Gasteiger partial charge in [0.1, 0.15) is 24.1 Å². The van der Waals surface area contributed by atoms with Crippen molar-refractivity contribution in [2.75, 3.05) is 26.3 Å². The predicted molar refractivity (Wildman–Crippen MR) is 144 cm³/mol. The maximum Gasteiger partial charge on any atom is 0.338 e. The third-order valence-corrected chi connectivity index (χ3v) is 7.80. The van der Waals surface area contributed by atoms with Crippen molar-refractivity contribution < 1.29 is 34.3 Å². The van der Waals surface area contributed by atoms with Crippen LogP contribution in [0.5, 0.6) is 5.75 Å². The molecule has 210 valence electrons. The van der Waals surface area contributed by atoms with Crippen molar-refractivity contribution in [1.29, 1.82) is 0 Å². The summed E-state index contributed by atoms with van der Waals surface area (Å²) in [4.78, 5) is 15.8. The van der Waals surface area contributed by atoms with Crippen molar-refractivity contribution in [2.24, 2.45) is 5.92 Å². The minimum atomic E-state index is -1.42. The third kappa shape index (κ3) is 6.85. The Bertz CT molecular complexity index is 1000. The topological polar surface area (TPSA) is 109 Å². The summed E-state index contributed by atoms with van der Waals surface area (Å²) in [7, 11) is 0. The van der Waals surface area contributed by atoms with Crippen molar-refractivity contribution in [1.82, 2.24) is 4.90 Å². The molecule has 3 aliphatic rings. The van der Waals surface area contributed by atoms with Crippen LogP contribution in [-0.4, -0.2) is 83.1 Å². The molecule has 0 aromatic heterocycles. The molecule has 38 heavy (non-hydrogen) atoms. The van der Waals surface area contributed by atoms with Crippen molar-refractivity contribution in [3.63, 3.8) is 0 Å². The molecule has 3 saturated heterocycles. The quantitative estimate of drug-likeness (QED) is 0.331.